The van der Waals surface area contributed by atoms with Crippen molar-refractivity contribution in [2.45, 2.75) is 19.0 Å². The van der Waals surface area contributed by atoms with E-state index in [1.807, 2.05) is 41.5 Å². The Bertz CT molecular complexity index is 1170. The summed E-state index contributed by atoms with van der Waals surface area (Å²) in [6.07, 6.45) is 7.85. The van der Waals surface area contributed by atoms with Crippen LogP contribution in [0.25, 0.3) is 5.76 Å². The topological polar surface area (TPSA) is 86.5 Å². The number of likely N-dealkylation sites (tertiary alicyclic amines) is 1. The third-order valence-electron chi connectivity index (χ3n) is 5.55. The van der Waals surface area contributed by atoms with Crippen LogP contribution in [0, 0.1) is 0 Å². The normalized spacial score (nSPS) is 17.3. The summed E-state index contributed by atoms with van der Waals surface area (Å²) in [5.41, 5.74) is 1.27. The molecular formula is C26H26N3O4+. The number of aromatic amines is 1. The Balaban J connectivity index is 1.73. The van der Waals surface area contributed by atoms with Gasteiger partial charge in [0, 0.05) is 18.5 Å². The van der Waals surface area contributed by atoms with Gasteiger partial charge in [0.25, 0.3) is 11.7 Å². The molecule has 7 nitrogen and oxygen atoms in total. The number of hydrogen-bond donors (Lipinski definition) is 2. The zero-order valence-corrected chi connectivity index (χ0v) is 18.2. The zero-order valence-electron chi connectivity index (χ0n) is 18.2. The summed E-state index contributed by atoms with van der Waals surface area (Å²) >= 11 is 0. The number of nitrogens with one attached hydrogen (secondary N) is 1. The Hall–Kier alpha value is -4.13. The van der Waals surface area contributed by atoms with Gasteiger partial charge in [0.05, 0.1) is 18.2 Å². The molecule has 1 aliphatic heterocycles. The number of amides is 1. The number of benzene rings is 2. The molecule has 0 aliphatic carbocycles. The minimum atomic E-state index is -0.714. The number of aliphatic hydroxyl groups excluding tert-OH is 1. The van der Waals surface area contributed by atoms with Crippen LogP contribution < -0.4 is 9.30 Å². The highest BCUT2D eigenvalue weighted by Gasteiger charge is 2.45. The summed E-state index contributed by atoms with van der Waals surface area (Å²) < 4.78 is 7.63. The first-order valence-electron chi connectivity index (χ1n) is 10.8. The van der Waals surface area contributed by atoms with E-state index in [9.17, 15) is 14.7 Å². The summed E-state index contributed by atoms with van der Waals surface area (Å²) in [5, 5.41) is 11.1. The van der Waals surface area contributed by atoms with Crippen molar-refractivity contribution in [2.24, 2.45) is 0 Å². The number of Topliss-reactive ketones (excluding diaryl/α,β-unsaturated/α-hetero) is 1. The standard InChI is InChI=1S/C26H25N3O4/c1-2-16-33-21-11-6-10-20(17-21)23-22(24(30)19-8-4-3-5-9-19)25(31)26(32)29(23)14-7-13-28-15-12-27-18-28/h2-6,8-12,15,17-18,23H,1,7,13-14,16H2,(H,30,31)/p+1. The Morgan fingerprint density at radius 3 is 2.73 bits per heavy atom. The van der Waals surface area contributed by atoms with Crippen LogP contribution in [-0.4, -0.2) is 39.8 Å². The second-order valence-corrected chi connectivity index (χ2v) is 7.73. The van der Waals surface area contributed by atoms with E-state index in [0.29, 0.717) is 43.0 Å². The van der Waals surface area contributed by atoms with Gasteiger partial charge in [0.2, 0.25) is 6.33 Å². The lowest BCUT2D eigenvalue weighted by molar-refractivity contribution is -0.695. The monoisotopic (exact) mass is 444 g/mol. The first kappa shape index (κ1) is 22.1. The third-order valence-corrected chi connectivity index (χ3v) is 5.55. The number of aryl methyl sites for hydroxylation is 1. The number of H-pyrrole nitrogens is 1. The maximum absolute atomic E-state index is 13.1. The van der Waals surface area contributed by atoms with E-state index >= 15 is 0 Å². The number of ether oxygens (including phenoxy) is 1. The fourth-order valence-electron chi connectivity index (χ4n) is 4.02. The zero-order chi connectivity index (χ0) is 23.2. The first-order chi connectivity index (χ1) is 16.1. The van der Waals surface area contributed by atoms with E-state index in [1.165, 1.54) is 4.90 Å². The van der Waals surface area contributed by atoms with Crippen LogP contribution in [0.15, 0.2) is 91.5 Å². The lowest BCUT2D eigenvalue weighted by Gasteiger charge is -2.25. The Morgan fingerprint density at radius 1 is 1.18 bits per heavy atom. The molecule has 1 aliphatic rings. The molecule has 1 saturated heterocycles. The van der Waals surface area contributed by atoms with Gasteiger partial charge in [-0.15, -0.1) is 0 Å². The summed E-state index contributed by atoms with van der Waals surface area (Å²) in [6, 6.07) is 15.3. The number of aromatic nitrogens is 2. The second kappa shape index (κ2) is 9.99. The average molecular weight is 445 g/mol. The van der Waals surface area contributed by atoms with Crippen molar-refractivity contribution in [1.82, 2.24) is 9.88 Å². The predicted octanol–water partition coefficient (Wildman–Crippen LogP) is 3.38. The number of imidazole rings is 1. The van der Waals surface area contributed by atoms with Crippen LogP contribution in [0.5, 0.6) is 5.75 Å². The van der Waals surface area contributed by atoms with Gasteiger partial charge in [-0.2, -0.15) is 0 Å². The van der Waals surface area contributed by atoms with Gasteiger partial charge in [-0.3, -0.25) is 14.6 Å². The average Bonchev–Trinajstić information content (AvgIpc) is 3.45. The highest BCUT2D eigenvalue weighted by molar-refractivity contribution is 6.46. The number of carbonyl (C=O) groups is 2. The van der Waals surface area contributed by atoms with Crippen molar-refractivity contribution >= 4 is 17.4 Å². The number of rotatable bonds is 9. The summed E-state index contributed by atoms with van der Waals surface area (Å²) in [5.74, 6) is -0.888. The fourth-order valence-corrected chi connectivity index (χ4v) is 4.02. The molecule has 4 rings (SSSR count). The van der Waals surface area contributed by atoms with Crippen LogP contribution in [0.3, 0.4) is 0 Å². The van der Waals surface area contributed by atoms with Crippen LogP contribution in [0.4, 0.5) is 0 Å². The van der Waals surface area contributed by atoms with Crippen molar-refractivity contribution in [3.8, 4) is 5.75 Å². The summed E-state index contributed by atoms with van der Waals surface area (Å²) in [4.78, 5) is 30.7. The van der Waals surface area contributed by atoms with Gasteiger partial charge in [-0.1, -0.05) is 55.1 Å². The van der Waals surface area contributed by atoms with E-state index in [2.05, 4.69) is 11.6 Å². The van der Waals surface area contributed by atoms with Crippen molar-refractivity contribution in [3.63, 3.8) is 0 Å². The largest absolute Gasteiger partial charge is 0.507 e. The molecule has 1 unspecified atom stereocenters. The maximum Gasteiger partial charge on any atom is 0.295 e. The molecule has 0 saturated carbocycles. The molecule has 0 bridgehead atoms. The summed E-state index contributed by atoms with van der Waals surface area (Å²) in [6.45, 7) is 5.04. The number of nitrogens with zero attached hydrogens (tertiary/aromatic N) is 2. The van der Waals surface area contributed by atoms with Crippen LogP contribution in [0.1, 0.15) is 23.6 Å². The maximum atomic E-state index is 13.1. The third kappa shape index (κ3) is 4.72. The molecule has 0 radical (unpaired) electrons. The van der Waals surface area contributed by atoms with Gasteiger partial charge >= 0.3 is 0 Å². The van der Waals surface area contributed by atoms with Gasteiger partial charge in [-0.25, -0.2) is 4.57 Å². The van der Waals surface area contributed by atoms with Gasteiger partial charge in [-0.05, 0) is 17.7 Å². The van der Waals surface area contributed by atoms with Gasteiger partial charge < -0.3 is 14.7 Å². The molecule has 7 heteroatoms. The van der Waals surface area contributed by atoms with E-state index in [-0.39, 0.29) is 11.3 Å². The Labute approximate surface area is 192 Å². The van der Waals surface area contributed by atoms with Crippen LogP contribution in [-0.2, 0) is 16.1 Å². The molecule has 2 aromatic carbocycles. The fraction of sp³-hybridized carbons (Fsp3) is 0.192. The van der Waals surface area contributed by atoms with Gasteiger partial charge in [0.1, 0.15) is 30.5 Å². The quantitative estimate of drug-likeness (QED) is 0.174. The van der Waals surface area contributed by atoms with Crippen molar-refractivity contribution in [1.29, 1.82) is 0 Å². The molecule has 33 heavy (non-hydrogen) atoms. The molecule has 2 N–H and O–H groups in total. The molecule has 2 heterocycles. The molecular weight excluding hydrogens is 418 g/mol. The van der Waals surface area contributed by atoms with E-state index < -0.39 is 17.7 Å². The minimum Gasteiger partial charge on any atom is -0.507 e. The number of aliphatic hydroxyl groups is 1. The minimum absolute atomic E-state index is 0.0846. The van der Waals surface area contributed by atoms with Crippen LogP contribution in [0.2, 0.25) is 0 Å². The van der Waals surface area contributed by atoms with Gasteiger partial charge in [0.15, 0.2) is 0 Å². The number of hydrogen-bond acceptors (Lipinski definition) is 4. The van der Waals surface area contributed by atoms with E-state index in [4.69, 9.17) is 4.74 Å². The molecule has 1 aromatic heterocycles. The lowest BCUT2D eigenvalue weighted by atomic mass is 9.95. The van der Waals surface area contributed by atoms with Crippen molar-refractivity contribution in [3.05, 3.63) is 103 Å². The van der Waals surface area contributed by atoms with Crippen molar-refractivity contribution in [2.75, 3.05) is 13.2 Å². The highest BCUT2D eigenvalue weighted by atomic mass is 16.5. The molecule has 3 aromatic rings. The van der Waals surface area contributed by atoms with E-state index in [0.717, 1.165) is 0 Å². The smallest absolute Gasteiger partial charge is 0.295 e. The molecule has 0 spiro atoms. The Kier molecular flexibility index (Phi) is 6.69. The molecule has 168 valence electrons. The molecule has 1 atom stereocenters. The molecule has 1 amide bonds. The second-order valence-electron chi connectivity index (χ2n) is 7.73. The Morgan fingerprint density at radius 2 is 2.00 bits per heavy atom. The molecule has 1 fully saturated rings. The first-order valence-corrected chi connectivity index (χ1v) is 10.8. The number of ketones is 1. The lowest BCUT2D eigenvalue weighted by Crippen LogP contribution is -2.36. The SMILES string of the molecule is C=CCOc1cccc(C2/C(=C(\O)c3ccccc3)C(=O)C(=O)N2CCC[n+]2cc[nH]c2)c1. The number of carbonyl (C=O) groups excluding carboxylic acids is 2. The van der Waals surface area contributed by atoms with Crippen molar-refractivity contribution < 1.29 is 24.0 Å². The van der Waals surface area contributed by atoms with Crippen LogP contribution >= 0.6 is 0 Å². The van der Waals surface area contributed by atoms with E-state index in [1.54, 1.807) is 42.5 Å². The predicted molar refractivity (Wildman–Crippen MR) is 123 cm³/mol. The summed E-state index contributed by atoms with van der Waals surface area (Å²) in [7, 11) is 0. The highest BCUT2D eigenvalue weighted by Crippen LogP contribution is 2.40.